The molecule has 0 saturated carbocycles. The monoisotopic (exact) mass is 343 g/mol. The van der Waals surface area contributed by atoms with E-state index in [-0.39, 0.29) is 24.5 Å². The minimum Gasteiger partial charge on any atom is -0.394 e. The normalized spacial score (nSPS) is 13.8. The molecule has 6 heteroatoms. The van der Waals surface area contributed by atoms with Crippen LogP contribution in [0.1, 0.15) is 30.6 Å². The number of amides is 1. The van der Waals surface area contributed by atoms with Gasteiger partial charge in [0.25, 0.3) is 5.91 Å². The maximum Gasteiger partial charge on any atom is 0.251 e. The summed E-state index contributed by atoms with van der Waals surface area (Å²) in [5.74, 6) is 0.0681. The predicted octanol–water partition coefficient (Wildman–Crippen LogP) is 3.22. The summed E-state index contributed by atoms with van der Waals surface area (Å²) in [4.78, 5) is 17.1. The summed E-state index contributed by atoms with van der Waals surface area (Å²) in [7, 11) is 0. The predicted molar refractivity (Wildman–Crippen MR) is 96.7 cm³/mol. The van der Waals surface area contributed by atoms with E-state index < -0.39 is 0 Å². The molecule has 3 aromatic rings. The van der Waals surface area contributed by atoms with Gasteiger partial charge in [-0.25, -0.2) is 4.98 Å². The van der Waals surface area contributed by atoms with Crippen LogP contribution in [0.15, 0.2) is 42.7 Å². The van der Waals surface area contributed by atoms with Crippen molar-refractivity contribution in [1.82, 2.24) is 14.9 Å². The topological polar surface area (TPSA) is 67.2 Å². The summed E-state index contributed by atoms with van der Waals surface area (Å²) in [6.07, 6.45) is 4.80. The molecule has 0 bridgehead atoms. The van der Waals surface area contributed by atoms with Gasteiger partial charge in [-0.2, -0.15) is 0 Å². The average molecular weight is 343 g/mol. The molecule has 0 saturated heterocycles. The summed E-state index contributed by atoms with van der Waals surface area (Å²) in [6.45, 7) is 4.02. The van der Waals surface area contributed by atoms with Crippen molar-refractivity contribution in [2.75, 3.05) is 6.61 Å². The van der Waals surface area contributed by atoms with Crippen LogP contribution in [0.2, 0.25) is 0 Å². The van der Waals surface area contributed by atoms with E-state index in [2.05, 4.69) is 10.3 Å². The number of nitrogens with zero attached hydrogens (tertiary/aromatic N) is 2. The highest BCUT2D eigenvalue weighted by Crippen LogP contribution is 2.26. The number of fused-ring (bicyclic) bond motifs is 1. The highest BCUT2D eigenvalue weighted by Gasteiger charge is 2.18. The van der Waals surface area contributed by atoms with E-state index in [9.17, 15) is 9.90 Å². The lowest BCUT2D eigenvalue weighted by Crippen LogP contribution is -2.41. The number of hydrogen-bond acceptors (Lipinski definition) is 4. The Kier molecular flexibility index (Phi) is 4.97. The summed E-state index contributed by atoms with van der Waals surface area (Å²) >= 11 is 1.54. The number of aliphatic hydroxyl groups excluding tert-OH is 1. The van der Waals surface area contributed by atoms with Crippen molar-refractivity contribution in [3.8, 4) is 5.13 Å². The van der Waals surface area contributed by atoms with Crippen LogP contribution in [0, 0.1) is 5.92 Å². The van der Waals surface area contributed by atoms with E-state index in [1.165, 1.54) is 0 Å². The fourth-order valence-electron chi connectivity index (χ4n) is 2.53. The molecule has 0 fully saturated rings. The molecular weight excluding hydrogens is 322 g/mol. The first kappa shape index (κ1) is 16.7. The van der Waals surface area contributed by atoms with Gasteiger partial charge in [-0.05, 0) is 36.2 Å². The number of rotatable bonds is 6. The van der Waals surface area contributed by atoms with Gasteiger partial charge >= 0.3 is 0 Å². The first-order valence-electron chi connectivity index (χ1n) is 8.08. The van der Waals surface area contributed by atoms with Crippen molar-refractivity contribution < 1.29 is 9.90 Å². The molecule has 2 unspecified atom stereocenters. The van der Waals surface area contributed by atoms with Crippen molar-refractivity contribution in [3.05, 3.63) is 48.3 Å². The van der Waals surface area contributed by atoms with E-state index in [1.807, 2.05) is 55.1 Å². The van der Waals surface area contributed by atoms with Crippen LogP contribution in [0.25, 0.3) is 15.3 Å². The Bertz CT molecular complexity index is 826. The molecule has 1 amide bonds. The second-order valence-corrected chi connectivity index (χ2v) is 6.93. The zero-order valence-corrected chi connectivity index (χ0v) is 14.6. The molecule has 0 aliphatic rings. The van der Waals surface area contributed by atoms with E-state index in [0.29, 0.717) is 5.56 Å². The maximum atomic E-state index is 12.5. The molecule has 2 aromatic heterocycles. The molecule has 3 rings (SSSR count). The van der Waals surface area contributed by atoms with Crippen molar-refractivity contribution >= 4 is 27.5 Å². The fraction of sp³-hybridized carbons (Fsp3) is 0.333. The Labute approximate surface area is 145 Å². The zero-order valence-electron chi connectivity index (χ0n) is 13.8. The Morgan fingerprint density at radius 1 is 1.38 bits per heavy atom. The number of carbonyl (C=O) groups is 1. The number of aliphatic hydroxyl groups is 1. The summed E-state index contributed by atoms with van der Waals surface area (Å²) in [6, 6.07) is 9.19. The van der Waals surface area contributed by atoms with Crippen molar-refractivity contribution in [2.24, 2.45) is 5.92 Å². The van der Waals surface area contributed by atoms with Crippen molar-refractivity contribution in [2.45, 2.75) is 26.3 Å². The highest BCUT2D eigenvalue weighted by molar-refractivity contribution is 7.20. The molecule has 1 aromatic carbocycles. The smallest absolute Gasteiger partial charge is 0.251 e. The second-order valence-electron chi connectivity index (χ2n) is 5.92. The second kappa shape index (κ2) is 7.15. The first-order valence-corrected chi connectivity index (χ1v) is 8.89. The van der Waals surface area contributed by atoms with Crippen LogP contribution in [0.4, 0.5) is 0 Å². The third-order valence-corrected chi connectivity index (χ3v) is 5.34. The Hall–Kier alpha value is -2.18. The van der Waals surface area contributed by atoms with Gasteiger partial charge in [-0.1, -0.05) is 31.6 Å². The molecule has 24 heavy (non-hydrogen) atoms. The Morgan fingerprint density at radius 2 is 2.12 bits per heavy atom. The zero-order chi connectivity index (χ0) is 17.1. The van der Waals surface area contributed by atoms with Crippen LogP contribution in [-0.2, 0) is 0 Å². The number of hydrogen-bond donors (Lipinski definition) is 2. The van der Waals surface area contributed by atoms with E-state index in [4.69, 9.17) is 0 Å². The lowest BCUT2D eigenvalue weighted by atomic mass is 9.99. The SMILES string of the molecule is CCC(C)C(CO)NC(=O)c1ccc2nc(-n3cccc3)sc2c1. The van der Waals surface area contributed by atoms with E-state index >= 15 is 0 Å². The van der Waals surface area contributed by atoms with Crippen LogP contribution in [0.5, 0.6) is 0 Å². The molecule has 5 nitrogen and oxygen atoms in total. The molecule has 0 aliphatic carbocycles. The van der Waals surface area contributed by atoms with Gasteiger partial charge in [-0.3, -0.25) is 4.79 Å². The first-order chi connectivity index (χ1) is 11.6. The molecule has 0 aliphatic heterocycles. The van der Waals surface area contributed by atoms with Gasteiger partial charge in [0, 0.05) is 18.0 Å². The lowest BCUT2D eigenvalue weighted by Gasteiger charge is -2.22. The molecular formula is C18H21N3O2S. The number of aromatic nitrogens is 2. The van der Waals surface area contributed by atoms with Crippen LogP contribution < -0.4 is 5.32 Å². The van der Waals surface area contributed by atoms with Gasteiger partial charge in [0.05, 0.1) is 22.9 Å². The third-order valence-electron chi connectivity index (χ3n) is 4.31. The molecule has 2 heterocycles. The van der Waals surface area contributed by atoms with Crippen LogP contribution >= 0.6 is 11.3 Å². The highest BCUT2D eigenvalue weighted by atomic mass is 32.1. The van der Waals surface area contributed by atoms with Crippen molar-refractivity contribution in [1.29, 1.82) is 0 Å². The largest absolute Gasteiger partial charge is 0.394 e. The maximum absolute atomic E-state index is 12.5. The quantitative estimate of drug-likeness (QED) is 0.722. The Balaban J connectivity index is 1.83. The number of carbonyl (C=O) groups excluding carboxylic acids is 1. The Morgan fingerprint density at radius 3 is 2.79 bits per heavy atom. The minimum atomic E-state index is -0.227. The van der Waals surface area contributed by atoms with Crippen LogP contribution in [0.3, 0.4) is 0 Å². The third kappa shape index (κ3) is 3.34. The fourth-order valence-corrected chi connectivity index (χ4v) is 3.50. The van der Waals surface area contributed by atoms with Gasteiger partial charge in [-0.15, -0.1) is 0 Å². The van der Waals surface area contributed by atoms with E-state index in [0.717, 1.165) is 21.8 Å². The standard InChI is InChI=1S/C18H21N3O2S/c1-3-12(2)15(11-22)19-17(23)13-6-7-14-16(10-13)24-18(20-14)21-8-4-5-9-21/h4-10,12,15,22H,3,11H2,1-2H3,(H,19,23). The molecule has 126 valence electrons. The molecule has 2 atom stereocenters. The molecule has 0 spiro atoms. The van der Waals surface area contributed by atoms with Gasteiger partial charge < -0.3 is 15.0 Å². The summed E-state index contributed by atoms with van der Waals surface area (Å²) in [5, 5.41) is 13.3. The molecule has 2 N–H and O–H groups in total. The van der Waals surface area contributed by atoms with E-state index in [1.54, 1.807) is 17.4 Å². The van der Waals surface area contributed by atoms with Gasteiger partial charge in [0.1, 0.15) is 0 Å². The number of thiazole rings is 1. The van der Waals surface area contributed by atoms with Crippen molar-refractivity contribution in [3.63, 3.8) is 0 Å². The molecule has 0 radical (unpaired) electrons. The summed E-state index contributed by atoms with van der Waals surface area (Å²) < 4.78 is 2.92. The minimum absolute atomic E-state index is 0.0542. The van der Waals surface area contributed by atoms with Gasteiger partial charge in [0.15, 0.2) is 5.13 Å². The average Bonchev–Trinajstić information content (AvgIpc) is 3.26. The lowest BCUT2D eigenvalue weighted by molar-refractivity contribution is 0.0891. The number of benzene rings is 1. The summed E-state index contributed by atoms with van der Waals surface area (Å²) in [5.41, 5.74) is 1.47. The van der Waals surface area contributed by atoms with Gasteiger partial charge in [0.2, 0.25) is 0 Å². The van der Waals surface area contributed by atoms with Crippen LogP contribution in [-0.4, -0.2) is 33.2 Å². The number of nitrogens with one attached hydrogen (secondary N) is 1.